The maximum atomic E-state index is 12.2. The number of amides is 1. The van der Waals surface area contributed by atoms with E-state index in [1.165, 1.54) is 5.56 Å². The van der Waals surface area contributed by atoms with Gasteiger partial charge in [-0.3, -0.25) is 4.79 Å². The summed E-state index contributed by atoms with van der Waals surface area (Å²) in [7, 11) is 1.61. The summed E-state index contributed by atoms with van der Waals surface area (Å²) in [5, 5.41) is 0. The van der Waals surface area contributed by atoms with Crippen LogP contribution < -0.4 is 15.4 Å². The van der Waals surface area contributed by atoms with E-state index in [9.17, 15) is 4.79 Å². The number of anilines is 1. The molecule has 1 fully saturated rings. The van der Waals surface area contributed by atoms with E-state index in [0.29, 0.717) is 0 Å². The van der Waals surface area contributed by atoms with Crippen LogP contribution in [0.4, 0.5) is 5.69 Å². The molecule has 4 heteroatoms. The highest BCUT2D eigenvalue weighted by Crippen LogP contribution is 2.39. The quantitative estimate of drug-likeness (QED) is 0.883. The van der Waals surface area contributed by atoms with Crippen LogP contribution in [0.25, 0.3) is 0 Å². The fourth-order valence-electron chi connectivity index (χ4n) is 2.87. The maximum Gasteiger partial charge on any atom is 0.247 e. The van der Waals surface area contributed by atoms with E-state index in [0.717, 1.165) is 23.4 Å². The van der Waals surface area contributed by atoms with Crippen LogP contribution in [0.2, 0.25) is 0 Å². The zero-order valence-corrected chi connectivity index (χ0v) is 12.8. The van der Waals surface area contributed by atoms with Crippen molar-refractivity contribution in [2.24, 2.45) is 5.73 Å². The number of aryl methyl sites for hydroxylation is 1. The van der Waals surface area contributed by atoms with Gasteiger partial charge < -0.3 is 15.4 Å². The molecule has 3 rings (SSSR count). The summed E-state index contributed by atoms with van der Waals surface area (Å²) in [4.78, 5) is 14.0. The molecular weight excluding hydrogens is 276 g/mol. The minimum absolute atomic E-state index is 0.0576. The highest BCUT2D eigenvalue weighted by Gasteiger charge is 2.46. The third-order valence-electron chi connectivity index (χ3n) is 4.20. The van der Waals surface area contributed by atoms with Gasteiger partial charge in [-0.1, -0.05) is 37.3 Å². The van der Waals surface area contributed by atoms with Crippen LogP contribution in [0.3, 0.4) is 0 Å². The second kappa shape index (κ2) is 5.81. The van der Waals surface area contributed by atoms with Crippen molar-refractivity contribution >= 4 is 11.6 Å². The SMILES string of the molecule is CCc1ccc([C@H]2[C@H](N)C(=O)N2c2cccc(OC)c2)cc1. The summed E-state index contributed by atoms with van der Waals surface area (Å²) in [6, 6.07) is 15.2. The number of carbonyl (C=O) groups is 1. The van der Waals surface area contributed by atoms with E-state index in [1.807, 2.05) is 24.3 Å². The van der Waals surface area contributed by atoms with Crippen molar-refractivity contribution in [2.75, 3.05) is 12.0 Å². The first kappa shape index (κ1) is 14.6. The van der Waals surface area contributed by atoms with Crippen LogP contribution in [-0.4, -0.2) is 19.1 Å². The molecule has 2 atom stereocenters. The number of ether oxygens (including phenoxy) is 1. The van der Waals surface area contributed by atoms with Gasteiger partial charge in [-0.05, 0) is 29.7 Å². The molecule has 1 saturated heterocycles. The van der Waals surface area contributed by atoms with Gasteiger partial charge in [-0.25, -0.2) is 0 Å². The topological polar surface area (TPSA) is 55.6 Å². The Hall–Kier alpha value is -2.33. The minimum atomic E-state index is -0.487. The molecule has 0 radical (unpaired) electrons. The number of hydrogen-bond donors (Lipinski definition) is 1. The number of methoxy groups -OCH3 is 1. The Labute approximate surface area is 130 Å². The average molecular weight is 296 g/mol. The molecule has 0 unspecified atom stereocenters. The van der Waals surface area contributed by atoms with Crippen LogP contribution in [0.1, 0.15) is 24.1 Å². The summed E-state index contributed by atoms with van der Waals surface area (Å²) in [6.07, 6.45) is 0.996. The fourth-order valence-corrected chi connectivity index (χ4v) is 2.87. The first-order chi connectivity index (χ1) is 10.7. The molecule has 22 heavy (non-hydrogen) atoms. The third-order valence-corrected chi connectivity index (χ3v) is 4.20. The summed E-state index contributed by atoms with van der Waals surface area (Å²) in [5.74, 6) is 0.670. The third kappa shape index (κ3) is 2.35. The van der Waals surface area contributed by atoms with Crippen LogP contribution >= 0.6 is 0 Å². The lowest BCUT2D eigenvalue weighted by Crippen LogP contribution is -2.63. The van der Waals surface area contributed by atoms with Gasteiger partial charge in [0.1, 0.15) is 11.8 Å². The van der Waals surface area contributed by atoms with E-state index in [1.54, 1.807) is 12.0 Å². The maximum absolute atomic E-state index is 12.2. The summed E-state index contributed by atoms with van der Waals surface area (Å²) in [6.45, 7) is 2.12. The van der Waals surface area contributed by atoms with Gasteiger partial charge in [-0.15, -0.1) is 0 Å². The van der Waals surface area contributed by atoms with Crippen LogP contribution in [0.5, 0.6) is 5.75 Å². The molecule has 0 aromatic heterocycles. The lowest BCUT2D eigenvalue weighted by Gasteiger charge is -2.45. The van der Waals surface area contributed by atoms with Crippen molar-refractivity contribution < 1.29 is 9.53 Å². The van der Waals surface area contributed by atoms with Crippen LogP contribution in [0, 0.1) is 0 Å². The predicted molar refractivity (Wildman–Crippen MR) is 87.0 cm³/mol. The summed E-state index contributed by atoms with van der Waals surface area (Å²) in [5.41, 5.74) is 9.20. The van der Waals surface area contributed by atoms with Gasteiger partial charge in [0.05, 0.1) is 13.2 Å². The lowest BCUT2D eigenvalue weighted by molar-refractivity contribution is -0.126. The zero-order valence-electron chi connectivity index (χ0n) is 12.8. The molecule has 1 aliphatic heterocycles. The molecule has 114 valence electrons. The van der Waals surface area contributed by atoms with E-state index < -0.39 is 6.04 Å². The Morgan fingerprint density at radius 3 is 2.55 bits per heavy atom. The Bertz CT molecular complexity index is 682. The second-order valence-electron chi connectivity index (χ2n) is 5.48. The number of nitrogens with zero attached hydrogens (tertiary/aromatic N) is 1. The van der Waals surface area contributed by atoms with Crippen molar-refractivity contribution in [3.63, 3.8) is 0 Å². The molecule has 1 heterocycles. The Morgan fingerprint density at radius 2 is 1.91 bits per heavy atom. The van der Waals surface area contributed by atoms with Gasteiger partial charge in [0, 0.05) is 11.8 Å². The molecular formula is C18H20N2O2. The average Bonchev–Trinajstić information content (AvgIpc) is 2.58. The standard InChI is InChI=1S/C18H20N2O2/c1-3-12-7-9-13(10-8-12)17-16(19)18(21)20(17)14-5-4-6-15(11-14)22-2/h4-11,16-17H,3,19H2,1-2H3/t16-,17-/m0/s1. The van der Waals surface area contributed by atoms with Crippen molar-refractivity contribution in [3.05, 3.63) is 59.7 Å². The lowest BCUT2D eigenvalue weighted by atomic mass is 9.88. The monoisotopic (exact) mass is 296 g/mol. The van der Waals surface area contributed by atoms with Gasteiger partial charge >= 0.3 is 0 Å². The predicted octanol–water partition coefficient (Wildman–Crippen LogP) is 2.67. The largest absolute Gasteiger partial charge is 0.497 e. The normalized spacial score (nSPS) is 20.7. The molecule has 2 N–H and O–H groups in total. The van der Waals surface area contributed by atoms with Crippen LogP contribution in [0.15, 0.2) is 48.5 Å². The second-order valence-corrected chi connectivity index (χ2v) is 5.48. The van der Waals surface area contributed by atoms with Crippen molar-refractivity contribution in [1.82, 2.24) is 0 Å². The molecule has 0 spiro atoms. The number of β-lactam (4-membered cyclic amide) rings is 1. The van der Waals surface area contributed by atoms with Crippen LogP contribution in [-0.2, 0) is 11.2 Å². The molecule has 4 nitrogen and oxygen atoms in total. The first-order valence-corrected chi connectivity index (χ1v) is 7.47. The summed E-state index contributed by atoms with van der Waals surface area (Å²) < 4.78 is 5.24. The molecule has 1 aliphatic rings. The van der Waals surface area contributed by atoms with Gasteiger partial charge in [-0.2, -0.15) is 0 Å². The Morgan fingerprint density at radius 1 is 1.18 bits per heavy atom. The molecule has 0 saturated carbocycles. The van der Waals surface area contributed by atoms with Crippen molar-refractivity contribution in [3.8, 4) is 5.75 Å². The smallest absolute Gasteiger partial charge is 0.247 e. The Balaban J connectivity index is 1.93. The van der Waals surface area contributed by atoms with Crippen molar-refractivity contribution in [1.29, 1.82) is 0 Å². The van der Waals surface area contributed by atoms with E-state index >= 15 is 0 Å². The molecule has 2 aromatic rings. The number of hydrogen-bond acceptors (Lipinski definition) is 3. The van der Waals surface area contributed by atoms with E-state index in [-0.39, 0.29) is 11.9 Å². The minimum Gasteiger partial charge on any atom is -0.497 e. The van der Waals surface area contributed by atoms with Crippen molar-refractivity contribution in [2.45, 2.75) is 25.4 Å². The number of rotatable bonds is 4. The molecule has 0 bridgehead atoms. The highest BCUT2D eigenvalue weighted by atomic mass is 16.5. The van der Waals surface area contributed by atoms with Gasteiger partial charge in [0.25, 0.3) is 0 Å². The summed E-state index contributed by atoms with van der Waals surface area (Å²) >= 11 is 0. The number of benzene rings is 2. The molecule has 1 amide bonds. The van der Waals surface area contributed by atoms with E-state index in [4.69, 9.17) is 10.5 Å². The zero-order chi connectivity index (χ0) is 15.7. The Kier molecular flexibility index (Phi) is 3.86. The number of nitrogens with two attached hydrogens (primary N) is 1. The van der Waals surface area contributed by atoms with Gasteiger partial charge in [0.15, 0.2) is 0 Å². The highest BCUT2D eigenvalue weighted by molar-refractivity contribution is 6.05. The van der Waals surface area contributed by atoms with Gasteiger partial charge in [0.2, 0.25) is 5.91 Å². The van der Waals surface area contributed by atoms with E-state index in [2.05, 4.69) is 31.2 Å². The number of carbonyl (C=O) groups excluding carboxylic acids is 1. The molecule has 0 aliphatic carbocycles. The fraction of sp³-hybridized carbons (Fsp3) is 0.278. The molecule has 2 aromatic carbocycles. The first-order valence-electron chi connectivity index (χ1n) is 7.47.